The number of nitrogens with zero attached hydrogens (tertiary/aromatic N) is 2. The highest BCUT2D eigenvalue weighted by atomic mass is 15.3. The summed E-state index contributed by atoms with van der Waals surface area (Å²) in [5, 5.41) is 11.6. The van der Waals surface area contributed by atoms with E-state index in [1.54, 1.807) is 0 Å². The van der Waals surface area contributed by atoms with Gasteiger partial charge in [0.25, 0.3) is 0 Å². The monoisotopic (exact) mass is 468 g/mol. The van der Waals surface area contributed by atoms with Gasteiger partial charge in [-0.25, -0.2) is 4.68 Å². The van der Waals surface area contributed by atoms with E-state index in [9.17, 15) is 0 Å². The molecule has 0 spiro atoms. The Morgan fingerprint density at radius 3 is 2.03 bits per heavy atom. The Balaban J connectivity index is 0.000000497. The van der Waals surface area contributed by atoms with Crippen molar-refractivity contribution < 1.29 is 0 Å². The molecule has 35 heavy (non-hydrogen) atoms. The summed E-state index contributed by atoms with van der Waals surface area (Å²) in [6.45, 7) is 16.6. The lowest BCUT2D eigenvalue weighted by Gasteiger charge is -2.15. The van der Waals surface area contributed by atoms with Gasteiger partial charge in [-0.3, -0.25) is 0 Å². The molecule has 1 aliphatic rings. The molecule has 0 unspecified atom stereocenters. The van der Waals surface area contributed by atoms with Crippen LogP contribution in [0.1, 0.15) is 48.1 Å². The highest BCUT2D eigenvalue weighted by molar-refractivity contribution is 5.79. The molecule has 1 fully saturated rings. The van der Waals surface area contributed by atoms with Gasteiger partial charge < -0.3 is 10.6 Å². The average molecular weight is 469 g/mol. The molecule has 1 heterocycles. The number of allylic oxidation sites excluding steroid dienone is 3. The second-order valence-electron chi connectivity index (χ2n) is 9.21. The average Bonchev–Trinajstić information content (AvgIpc) is 3.68. The van der Waals surface area contributed by atoms with Crippen LogP contribution >= 0.6 is 0 Å². The highest BCUT2D eigenvalue weighted by Crippen LogP contribution is 2.33. The van der Waals surface area contributed by atoms with Gasteiger partial charge in [0.05, 0.1) is 6.20 Å². The molecule has 1 aromatic heterocycles. The highest BCUT2D eigenvalue weighted by Gasteiger charge is 2.23. The second-order valence-corrected chi connectivity index (χ2v) is 9.21. The maximum atomic E-state index is 4.57. The van der Waals surface area contributed by atoms with E-state index in [-0.39, 0.29) is 0 Å². The van der Waals surface area contributed by atoms with Crippen LogP contribution in [0, 0.1) is 26.7 Å². The third kappa shape index (κ3) is 8.32. The van der Waals surface area contributed by atoms with Gasteiger partial charge in [-0.2, -0.15) is 5.10 Å². The first-order valence-electron chi connectivity index (χ1n) is 12.6. The topological polar surface area (TPSA) is 41.9 Å². The Hall–Kier alpha value is -3.53. The molecule has 3 aromatic rings. The van der Waals surface area contributed by atoms with Crippen LogP contribution in [-0.2, 0) is 0 Å². The summed E-state index contributed by atoms with van der Waals surface area (Å²) in [4.78, 5) is 0. The van der Waals surface area contributed by atoms with E-state index >= 15 is 0 Å². The summed E-state index contributed by atoms with van der Waals surface area (Å²) in [7, 11) is 0. The number of rotatable bonds is 11. The van der Waals surface area contributed by atoms with E-state index in [1.807, 2.05) is 47.3 Å². The zero-order valence-electron chi connectivity index (χ0n) is 21.6. The largest absolute Gasteiger partial charge is 0.389 e. The molecular weight excluding hydrogens is 428 g/mol. The van der Waals surface area contributed by atoms with Crippen LogP contribution in [0.4, 0.5) is 0 Å². The quantitative estimate of drug-likeness (QED) is 0.238. The number of aryl methyl sites for hydroxylation is 2. The molecule has 4 heteroatoms. The molecule has 1 saturated carbocycles. The zero-order valence-corrected chi connectivity index (χ0v) is 21.6. The van der Waals surface area contributed by atoms with E-state index in [0.717, 1.165) is 54.5 Å². The molecule has 0 atom stereocenters. The van der Waals surface area contributed by atoms with Gasteiger partial charge in [0.2, 0.25) is 0 Å². The summed E-state index contributed by atoms with van der Waals surface area (Å²) in [6.07, 6.45) is 8.81. The van der Waals surface area contributed by atoms with Crippen molar-refractivity contribution in [3.8, 4) is 0 Å². The fraction of sp³-hybridized carbons (Fsp3) is 0.323. The number of unbranched alkanes of at least 4 members (excludes halogenated alkanes) is 1. The summed E-state index contributed by atoms with van der Waals surface area (Å²) >= 11 is 0. The molecule has 0 radical (unpaired) electrons. The Bertz CT molecular complexity index is 1090. The van der Waals surface area contributed by atoms with Crippen molar-refractivity contribution in [1.29, 1.82) is 0 Å². The van der Waals surface area contributed by atoms with Crippen molar-refractivity contribution in [2.75, 3.05) is 13.1 Å². The first-order chi connectivity index (χ1) is 17.0. The SMILES string of the molecule is C=C(/C=C(/NCCCCNC(=C)C1CC1)n1ncc(C)c1C)c1ccccc1C.c1ccccc1. The van der Waals surface area contributed by atoms with Gasteiger partial charge >= 0.3 is 0 Å². The number of hydrogen-bond acceptors (Lipinski definition) is 3. The van der Waals surface area contributed by atoms with Crippen LogP contribution in [0.5, 0.6) is 0 Å². The van der Waals surface area contributed by atoms with Crippen molar-refractivity contribution >= 4 is 11.4 Å². The molecule has 4 rings (SSSR count). The maximum absolute atomic E-state index is 4.57. The Morgan fingerprint density at radius 1 is 0.886 bits per heavy atom. The van der Waals surface area contributed by atoms with E-state index in [0.29, 0.717) is 0 Å². The van der Waals surface area contributed by atoms with Crippen molar-refractivity contribution in [3.05, 3.63) is 114 Å². The van der Waals surface area contributed by atoms with Crippen molar-refractivity contribution in [2.45, 2.75) is 46.5 Å². The number of aromatic nitrogens is 2. The van der Waals surface area contributed by atoms with Gasteiger partial charge in [-0.05, 0) is 80.7 Å². The third-order valence-electron chi connectivity index (χ3n) is 6.28. The van der Waals surface area contributed by atoms with Crippen molar-refractivity contribution in [3.63, 3.8) is 0 Å². The third-order valence-corrected chi connectivity index (χ3v) is 6.28. The van der Waals surface area contributed by atoms with E-state index in [4.69, 9.17) is 0 Å². The summed E-state index contributed by atoms with van der Waals surface area (Å²) in [5.41, 5.74) is 6.92. The van der Waals surface area contributed by atoms with E-state index in [2.05, 4.69) is 80.0 Å². The lowest BCUT2D eigenvalue weighted by Crippen LogP contribution is -2.22. The van der Waals surface area contributed by atoms with Crippen LogP contribution in [0.25, 0.3) is 11.4 Å². The van der Waals surface area contributed by atoms with Gasteiger partial charge in [0.15, 0.2) is 0 Å². The van der Waals surface area contributed by atoms with Crippen LogP contribution in [0.3, 0.4) is 0 Å². The Kier molecular flexibility index (Phi) is 9.97. The molecule has 0 aliphatic heterocycles. The van der Waals surface area contributed by atoms with Gasteiger partial charge in [0.1, 0.15) is 5.82 Å². The molecule has 0 amide bonds. The van der Waals surface area contributed by atoms with Crippen LogP contribution in [0.2, 0.25) is 0 Å². The van der Waals surface area contributed by atoms with Crippen molar-refractivity contribution in [1.82, 2.24) is 20.4 Å². The minimum atomic E-state index is 0.723. The predicted octanol–water partition coefficient (Wildman–Crippen LogP) is 6.89. The minimum Gasteiger partial charge on any atom is -0.389 e. The number of benzene rings is 2. The van der Waals surface area contributed by atoms with Gasteiger partial charge in [-0.15, -0.1) is 0 Å². The summed E-state index contributed by atoms with van der Waals surface area (Å²) < 4.78 is 1.98. The fourth-order valence-corrected chi connectivity index (χ4v) is 3.77. The number of hydrogen-bond donors (Lipinski definition) is 2. The molecule has 2 aromatic carbocycles. The second kappa shape index (κ2) is 13.4. The molecule has 4 nitrogen and oxygen atoms in total. The molecule has 0 saturated heterocycles. The van der Waals surface area contributed by atoms with Crippen LogP contribution in [0.15, 0.2) is 91.8 Å². The van der Waals surface area contributed by atoms with Gasteiger partial charge in [-0.1, -0.05) is 73.8 Å². The summed E-state index contributed by atoms with van der Waals surface area (Å²) in [5.74, 6) is 1.69. The summed E-state index contributed by atoms with van der Waals surface area (Å²) in [6, 6.07) is 20.3. The lowest BCUT2D eigenvalue weighted by molar-refractivity contribution is 0.633. The van der Waals surface area contributed by atoms with Gasteiger partial charge in [0, 0.05) is 24.5 Å². The first-order valence-corrected chi connectivity index (χ1v) is 12.6. The molecular formula is C31H40N4. The molecule has 2 N–H and O–H groups in total. The Morgan fingerprint density at radius 2 is 1.49 bits per heavy atom. The van der Waals surface area contributed by atoms with E-state index in [1.165, 1.54) is 29.7 Å². The first kappa shape index (κ1) is 26.1. The normalized spacial score (nSPS) is 12.9. The Labute approximate surface area is 211 Å². The van der Waals surface area contributed by atoms with Crippen LogP contribution < -0.4 is 10.6 Å². The van der Waals surface area contributed by atoms with Crippen LogP contribution in [-0.4, -0.2) is 22.9 Å². The zero-order chi connectivity index (χ0) is 25.0. The molecule has 0 bridgehead atoms. The number of nitrogens with one attached hydrogen (secondary N) is 2. The lowest BCUT2D eigenvalue weighted by atomic mass is 10.0. The minimum absolute atomic E-state index is 0.723. The predicted molar refractivity (Wildman–Crippen MR) is 150 cm³/mol. The fourth-order valence-electron chi connectivity index (χ4n) is 3.77. The van der Waals surface area contributed by atoms with Crippen molar-refractivity contribution in [2.24, 2.45) is 5.92 Å². The standard InChI is InChI=1S/C25H34N4.C6H6/c1-18-10-6-7-11-24(18)19(2)16-25(29-22(5)20(3)17-28-29)27-15-9-8-14-26-21(4)23-12-13-23;1-2-4-6-5-3-1/h6-7,10-11,16-17,23,26-27H,2,4,8-9,12-15H2,1,3,5H3;1-6H/b25-16-;. The smallest absolute Gasteiger partial charge is 0.128 e. The maximum Gasteiger partial charge on any atom is 0.128 e. The van der Waals surface area contributed by atoms with E-state index < -0.39 is 0 Å². The molecule has 1 aliphatic carbocycles. The molecule has 184 valence electrons.